The Morgan fingerprint density at radius 1 is 1.00 bits per heavy atom. The Morgan fingerprint density at radius 3 is 2.84 bits per heavy atom. The van der Waals surface area contributed by atoms with Gasteiger partial charge in [-0.3, -0.25) is 0 Å². The Kier molecular flexibility index (Phi) is 2.17. The Morgan fingerprint density at radius 2 is 1.89 bits per heavy atom. The fourth-order valence-corrected chi connectivity index (χ4v) is 2.70. The normalized spacial score (nSPS) is 11.4. The van der Waals surface area contributed by atoms with Gasteiger partial charge in [-0.15, -0.1) is 0 Å². The van der Waals surface area contributed by atoms with Gasteiger partial charge in [0.1, 0.15) is 5.65 Å². The Hall–Kier alpha value is -2.26. The van der Waals surface area contributed by atoms with Gasteiger partial charge >= 0.3 is 0 Å². The molecule has 0 fully saturated rings. The number of nitrogens with zero attached hydrogens (tertiary/aromatic N) is 1. The van der Waals surface area contributed by atoms with E-state index in [-0.39, 0.29) is 0 Å². The van der Waals surface area contributed by atoms with E-state index in [2.05, 4.69) is 33.2 Å². The molecule has 92 valence electrons. The van der Waals surface area contributed by atoms with Crippen molar-refractivity contribution in [1.82, 2.24) is 15.0 Å². The third-order valence-electron chi connectivity index (χ3n) is 3.39. The van der Waals surface area contributed by atoms with E-state index in [0.29, 0.717) is 0 Å². The summed E-state index contributed by atoms with van der Waals surface area (Å²) < 4.78 is 0. The zero-order chi connectivity index (χ0) is 12.8. The van der Waals surface area contributed by atoms with Crippen LogP contribution in [-0.4, -0.2) is 15.0 Å². The molecule has 3 nitrogen and oxygen atoms in total. The summed E-state index contributed by atoms with van der Waals surface area (Å²) in [7, 11) is 0. The van der Waals surface area contributed by atoms with Crippen LogP contribution < -0.4 is 0 Å². The van der Waals surface area contributed by atoms with E-state index >= 15 is 0 Å². The first-order valence-electron chi connectivity index (χ1n) is 6.02. The third-order valence-corrected chi connectivity index (χ3v) is 3.79. The monoisotopic (exact) mass is 267 g/mol. The average Bonchev–Trinajstić information content (AvgIpc) is 3.07. The molecule has 0 saturated heterocycles. The van der Waals surface area contributed by atoms with Crippen LogP contribution >= 0.6 is 11.6 Å². The summed E-state index contributed by atoms with van der Waals surface area (Å²) in [5, 5.41) is 2.87. The van der Waals surface area contributed by atoms with Gasteiger partial charge in [0.15, 0.2) is 0 Å². The molecular formula is C15H10ClN3. The highest BCUT2D eigenvalue weighted by Crippen LogP contribution is 2.33. The molecule has 0 bridgehead atoms. The Bertz CT molecular complexity index is 889. The first kappa shape index (κ1) is 10.6. The van der Waals surface area contributed by atoms with Crippen molar-refractivity contribution in [3.05, 3.63) is 53.9 Å². The summed E-state index contributed by atoms with van der Waals surface area (Å²) in [6.45, 7) is 0. The highest BCUT2D eigenvalue weighted by molar-refractivity contribution is 6.38. The predicted molar refractivity (Wildman–Crippen MR) is 78.4 cm³/mol. The standard InChI is InChI=1S/C15H10ClN3/c16-14-11-4-6-18-15(11)19-8-12(14)10-2-1-9-3-5-17-13(9)7-10/h1-8,17H,(H,18,19). The highest BCUT2D eigenvalue weighted by Gasteiger charge is 2.10. The molecule has 0 spiro atoms. The number of benzene rings is 1. The van der Waals surface area contributed by atoms with Gasteiger partial charge in [0.2, 0.25) is 0 Å². The van der Waals surface area contributed by atoms with Gasteiger partial charge < -0.3 is 9.97 Å². The molecule has 0 aliphatic rings. The molecule has 0 amide bonds. The Balaban J connectivity index is 1.99. The van der Waals surface area contributed by atoms with Crippen LogP contribution in [-0.2, 0) is 0 Å². The topological polar surface area (TPSA) is 44.5 Å². The number of hydrogen-bond acceptors (Lipinski definition) is 1. The molecule has 1 aromatic carbocycles. The van der Waals surface area contributed by atoms with E-state index < -0.39 is 0 Å². The van der Waals surface area contributed by atoms with E-state index in [9.17, 15) is 0 Å². The minimum absolute atomic E-state index is 0.733. The Labute approximate surface area is 114 Å². The first-order chi connectivity index (χ1) is 9.33. The van der Waals surface area contributed by atoms with Gasteiger partial charge in [0.25, 0.3) is 0 Å². The lowest BCUT2D eigenvalue weighted by molar-refractivity contribution is 1.33. The number of hydrogen-bond donors (Lipinski definition) is 2. The van der Waals surface area contributed by atoms with Crippen LogP contribution in [0.2, 0.25) is 5.02 Å². The molecule has 0 atom stereocenters. The van der Waals surface area contributed by atoms with Crippen molar-refractivity contribution in [3.63, 3.8) is 0 Å². The maximum absolute atomic E-state index is 6.47. The second-order valence-electron chi connectivity index (χ2n) is 4.51. The summed E-state index contributed by atoms with van der Waals surface area (Å²) in [6, 6.07) is 10.2. The van der Waals surface area contributed by atoms with Crippen LogP contribution in [0, 0.1) is 0 Å². The van der Waals surface area contributed by atoms with Crippen LogP contribution in [0.5, 0.6) is 0 Å². The largest absolute Gasteiger partial charge is 0.361 e. The minimum Gasteiger partial charge on any atom is -0.361 e. The molecule has 19 heavy (non-hydrogen) atoms. The summed E-state index contributed by atoms with van der Waals surface area (Å²) in [4.78, 5) is 10.7. The fourth-order valence-electron chi connectivity index (χ4n) is 2.39. The number of halogens is 1. The number of H-pyrrole nitrogens is 2. The number of fused-ring (bicyclic) bond motifs is 2. The average molecular weight is 268 g/mol. The summed E-state index contributed by atoms with van der Waals surface area (Å²) in [6.07, 6.45) is 5.59. The van der Waals surface area contributed by atoms with Crippen LogP contribution in [0.1, 0.15) is 0 Å². The smallest absolute Gasteiger partial charge is 0.138 e. The lowest BCUT2D eigenvalue weighted by Crippen LogP contribution is -1.84. The minimum atomic E-state index is 0.733. The number of nitrogens with one attached hydrogen (secondary N) is 2. The number of aromatic amines is 2. The predicted octanol–water partition coefficient (Wildman–Crippen LogP) is 4.36. The molecule has 4 rings (SSSR count). The number of aromatic nitrogens is 3. The second-order valence-corrected chi connectivity index (χ2v) is 4.88. The van der Waals surface area contributed by atoms with Gasteiger partial charge in [-0.2, -0.15) is 0 Å². The lowest BCUT2D eigenvalue weighted by atomic mass is 10.1. The molecule has 4 heteroatoms. The molecule has 0 saturated carbocycles. The SMILES string of the molecule is Clc1c(-c2ccc3cc[nH]c3c2)cnc2[nH]ccc12. The van der Waals surface area contributed by atoms with Crippen molar-refractivity contribution in [2.24, 2.45) is 0 Å². The quantitative estimate of drug-likeness (QED) is 0.529. The maximum Gasteiger partial charge on any atom is 0.138 e. The van der Waals surface area contributed by atoms with Gasteiger partial charge in [-0.05, 0) is 29.1 Å². The summed E-state index contributed by atoms with van der Waals surface area (Å²) in [5.41, 5.74) is 3.93. The molecule has 0 aliphatic heterocycles. The van der Waals surface area contributed by atoms with Gasteiger partial charge in [0, 0.05) is 35.1 Å². The van der Waals surface area contributed by atoms with E-state index in [0.717, 1.165) is 32.7 Å². The van der Waals surface area contributed by atoms with E-state index in [1.54, 1.807) is 0 Å². The zero-order valence-corrected chi connectivity index (χ0v) is 10.7. The summed E-state index contributed by atoms with van der Waals surface area (Å²) in [5.74, 6) is 0. The van der Waals surface area contributed by atoms with Crippen LogP contribution in [0.3, 0.4) is 0 Å². The van der Waals surface area contributed by atoms with Crippen LogP contribution in [0.15, 0.2) is 48.9 Å². The molecule has 3 aromatic heterocycles. The van der Waals surface area contributed by atoms with Crippen molar-refractivity contribution >= 4 is 33.5 Å². The summed E-state index contributed by atoms with van der Waals surface area (Å²) >= 11 is 6.47. The molecule has 3 heterocycles. The van der Waals surface area contributed by atoms with Crippen LogP contribution in [0.25, 0.3) is 33.1 Å². The van der Waals surface area contributed by atoms with Gasteiger partial charge in [0.05, 0.1) is 5.02 Å². The van der Waals surface area contributed by atoms with E-state index in [4.69, 9.17) is 11.6 Å². The molecule has 0 aliphatic carbocycles. The molecule has 0 radical (unpaired) electrons. The third kappa shape index (κ3) is 1.55. The van der Waals surface area contributed by atoms with Crippen LogP contribution in [0.4, 0.5) is 0 Å². The van der Waals surface area contributed by atoms with Gasteiger partial charge in [-0.1, -0.05) is 23.7 Å². The van der Waals surface area contributed by atoms with E-state index in [1.165, 1.54) is 5.39 Å². The van der Waals surface area contributed by atoms with Gasteiger partial charge in [-0.25, -0.2) is 4.98 Å². The first-order valence-corrected chi connectivity index (χ1v) is 6.40. The number of rotatable bonds is 1. The molecule has 2 N–H and O–H groups in total. The number of pyridine rings is 1. The van der Waals surface area contributed by atoms with Crippen molar-refractivity contribution in [1.29, 1.82) is 0 Å². The zero-order valence-electron chi connectivity index (χ0n) is 9.94. The molecule has 0 unspecified atom stereocenters. The van der Waals surface area contributed by atoms with Crippen molar-refractivity contribution in [2.45, 2.75) is 0 Å². The lowest BCUT2D eigenvalue weighted by Gasteiger charge is -2.05. The molecular weight excluding hydrogens is 258 g/mol. The van der Waals surface area contributed by atoms with Crippen molar-refractivity contribution < 1.29 is 0 Å². The maximum atomic E-state index is 6.47. The second kappa shape index (κ2) is 3.87. The molecule has 4 aromatic rings. The van der Waals surface area contributed by atoms with Crippen molar-refractivity contribution in [2.75, 3.05) is 0 Å². The fraction of sp³-hybridized carbons (Fsp3) is 0. The highest BCUT2D eigenvalue weighted by atomic mass is 35.5. The van der Waals surface area contributed by atoms with Crippen molar-refractivity contribution in [3.8, 4) is 11.1 Å². The van der Waals surface area contributed by atoms with E-state index in [1.807, 2.05) is 30.7 Å².